The summed E-state index contributed by atoms with van der Waals surface area (Å²) >= 11 is 4.27. The minimum Gasteiger partial charge on any atom is -0.481 e. The van der Waals surface area contributed by atoms with Crippen molar-refractivity contribution in [2.75, 3.05) is 5.75 Å². The van der Waals surface area contributed by atoms with E-state index in [4.69, 9.17) is 16.6 Å². The summed E-state index contributed by atoms with van der Waals surface area (Å²) in [5.74, 6) is -10.7. The van der Waals surface area contributed by atoms with Gasteiger partial charge >= 0.3 is 11.9 Å². The first-order valence-corrected chi connectivity index (χ1v) is 24.6. The van der Waals surface area contributed by atoms with Crippen LogP contribution in [0, 0.1) is 11.8 Å². The number of H-pyrrole nitrogens is 1. The van der Waals surface area contributed by atoms with E-state index in [1.807, 2.05) is 0 Å². The van der Waals surface area contributed by atoms with Crippen molar-refractivity contribution in [3.05, 3.63) is 90.0 Å². The summed E-state index contributed by atoms with van der Waals surface area (Å²) in [6, 6.07) is 6.35. The number of thiol groups is 1. The van der Waals surface area contributed by atoms with E-state index < -0.39 is 132 Å². The Morgan fingerprint density at radius 2 is 1.01 bits per heavy atom. The Kier molecular flexibility index (Phi) is 25.1. The van der Waals surface area contributed by atoms with E-state index in [2.05, 4.69) is 59.8 Å². The van der Waals surface area contributed by atoms with Gasteiger partial charge in [0.1, 0.15) is 42.3 Å². The first kappa shape index (κ1) is 60.0. The van der Waals surface area contributed by atoms with Gasteiger partial charge in [0, 0.05) is 49.7 Å². The summed E-state index contributed by atoms with van der Waals surface area (Å²) in [5.41, 5.74) is 13.1. The molecule has 3 rings (SSSR count). The number of primary amides is 1. The van der Waals surface area contributed by atoms with Crippen LogP contribution in [0.2, 0.25) is 0 Å². The highest BCUT2D eigenvalue weighted by Gasteiger charge is 2.37. The molecule has 10 atom stereocenters. The largest absolute Gasteiger partial charge is 0.481 e. The number of nitrogens with two attached hydrogens (primary N) is 2. The minimum absolute atomic E-state index is 0.0410. The molecule has 23 nitrogen and oxygen atoms in total. The number of nitrogens with one attached hydrogen (secondary N) is 8. The lowest BCUT2D eigenvalue weighted by Crippen LogP contribution is -2.62. The molecule has 0 spiro atoms. The molecule has 73 heavy (non-hydrogen) atoms. The summed E-state index contributed by atoms with van der Waals surface area (Å²) in [4.78, 5) is 139. The molecule has 0 aliphatic carbocycles. The number of hydrogen-bond acceptors (Lipinski definition) is 13. The van der Waals surface area contributed by atoms with Crippen molar-refractivity contribution in [1.82, 2.24) is 47.2 Å². The molecular weight excluding hydrogens is 967 g/mol. The van der Waals surface area contributed by atoms with Crippen LogP contribution < -0.4 is 48.7 Å². The highest BCUT2D eigenvalue weighted by atomic mass is 32.1. The molecular formula is C49H69N11O12S. The predicted molar refractivity (Wildman–Crippen MR) is 270 cm³/mol. The van der Waals surface area contributed by atoms with Gasteiger partial charge in [-0.15, -0.1) is 0 Å². The third-order valence-electron chi connectivity index (χ3n) is 12.1. The van der Waals surface area contributed by atoms with Crippen molar-refractivity contribution >= 4 is 71.8 Å². The van der Waals surface area contributed by atoms with E-state index in [1.165, 1.54) is 12.5 Å². The zero-order chi connectivity index (χ0) is 54.2. The lowest BCUT2D eigenvalue weighted by atomic mass is 9.96. The van der Waals surface area contributed by atoms with Crippen LogP contribution in [0.5, 0.6) is 0 Å². The van der Waals surface area contributed by atoms with Crippen LogP contribution in [0.25, 0.3) is 0 Å². The van der Waals surface area contributed by atoms with E-state index in [0.29, 0.717) is 29.7 Å². The zero-order valence-corrected chi connectivity index (χ0v) is 42.2. The van der Waals surface area contributed by atoms with Crippen molar-refractivity contribution < 1.29 is 58.2 Å². The highest BCUT2D eigenvalue weighted by molar-refractivity contribution is 7.80. The predicted octanol–water partition coefficient (Wildman–Crippen LogP) is -0.605. The quantitative estimate of drug-likeness (QED) is 0.0348. The smallest absolute Gasteiger partial charge is 0.326 e. The van der Waals surface area contributed by atoms with Crippen LogP contribution in [0.1, 0.15) is 83.0 Å². The van der Waals surface area contributed by atoms with Crippen molar-refractivity contribution in [1.29, 1.82) is 0 Å². The first-order chi connectivity index (χ1) is 34.7. The normalized spacial score (nSPS) is 15.2. The van der Waals surface area contributed by atoms with Crippen molar-refractivity contribution in [2.24, 2.45) is 23.3 Å². The second-order valence-electron chi connectivity index (χ2n) is 17.8. The molecule has 0 aliphatic heterocycles. The average molecular weight is 1040 g/mol. The molecule has 0 saturated heterocycles. The Morgan fingerprint density at radius 1 is 0.575 bits per heavy atom. The van der Waals surface area contributed by atoms with Gasteiger partial charge in [0.25, 0.3) is 0 Å². The molecule has 8 amide bonds. The van der Waals surface area contributed by atoms with Crippen molar-refractivity contribution in [2.45, 2.75) is 134 Å². The minimum atomic E-state index is -1.51. The fraction of sp³-hybridized carbons (Fsp3) is 0.490. The topological polar surface area (TPSA) is 376 Å². The molecule has 0 saturated carbocycles. The summed E-state index contributed by atoms with van der Waals surface area (Å²) in [6.45, 7) is 6.80. The van der Waals surface area contributed by atoms with E-state index in [1.54, 1.807) is 88.4 Å². The second-order valence-corrected chi connectivity index (χ2v) is 18.1. The molecule has 1 heterocycles. The number of aliphatic carboxylic acids is 2. The van der Waals surface area contributed by atoms with E-state index in [0.717, 1.165) is 0 Å². The third kappa shape index (κ3) is 20.4. The standard InChI is InChI=1S/C49H69N11O12S/c1-5-27(3)40(60-46(68)37(25-73)58-44(66)34(21-29-13-9-7-10-14-29)55-42(64)32(50)17-20-39(62)63)47(69)54-33(18-19-38(51)61)43(65)59-41(28(4)6-2)48(70)56-35(23-31-24-52-26-53-31)45(67)57-36(49(71)72)22-30-15-11-8-12-16-30/h7-16,24,26-28,32-37,40-41,73H,5-6,17-23,25,50H2,1-4H3,(H2,51,61)(H,52,53)(H,54,69)(H,55,64)(H,56,70)(H,57,67)(H,58,66)(H,59,65)(H,60,68)(H,62,63)(H,71,72)/t27-,28-,32-,33-,34-,35-,36-,37-,40-,41-/m0/s1. The molecule has 0 fully saturated rings. The van der Waals surface area contributed by atoms with Gasteiger partial charge in [-0.1, -0.05) is 101 Å². The summed E-state index contributed by atoms with van der Waals surface area (Å²) in [7, 11) is 0. The van der Waals surface area contributed by atoms with Gasteiger partial charge < -0.3 is 63.9 Å². The van der Waals surface area contributed by atoms with E-state index >= 15 is 0 Å². The molecule has 14 N–H and O–H groups in total. The van der Waals surface area contributed by atoms with Gasteiger partial charge in [-0.3, -0.25) is 43.2 Å². The van der Waals surface area contributed by atoms with Gasteiger partial charge in [0.05, 0.1) is 12.4 Å². The molecule has 2 aromatic carbocycles. The van der Waals surface area contributed by atoms with Crippen LogP contribution in [-0.4, -0.2) is 133 Å². The number of carboxylic acid groups (broad SMARTS) is 2. The number of hydrogen-bond donors (Lipinski definition) is 13. The Balaban J connectivity index is 1.84. The number of imidazole rings is 1. The fourth-order valence-corrected chi connectivity index (χ4v) is 7.61. The van der Waals surface area contributed by atoms with Gasteiger partial charge in [-0.05, 0) is 35.8 Å². The molecule has 0 unspecified atom stereocenters. The van der Waals surface area contributed by atoms with Gasteiger partial charge in [-0.25, -0.2) is 9.78 Å². The number of benzene rings is 2. The van der Waals surface area contributed by atoms with Crippen molar-refractivity contribution in [3.8, 4) is 0 Å². The zero-order valence-electron chi connectivity index (χ0n) is 41.3. The lowest BCUT2D eigenvalue weighted by Gasteiger charge is -2.30. The number of amides is 8. The Hall–Kier alpha value is -7.34. The number of carbonyl (C=O) groups excluding carboxylic acids is 8. The summed E-state index contributed by atoms with van der Waals surface area (Å²) in [5, 5.41) is 37.2. The van der Waals surface area contributed by atoms with Crippen LogP contribution in [-0.2, 0) is 67.2 Å². The van der Waals surface area contributed by atoms with Gasteiger partial charge in [0.2, 0.25) is 47.3 Å². The second kappa shape index (κ2) is 30.5. The molecule has 398 valence electrons. The number of aromatic amines is 1. The SMILES string of the molecule is CC[C@H](C)[C@H](NC(=O)[C@H](CCC(N)=O)NC(=O)[C@@H](NC(=O)[C@H](CS)NC(=O)[C@H](Cc1ccccc1)NC(=O)[C@@H](N)CCC(=O)O)[C@@H](C)CC)C(=O)N[C@@H](Cc1cnc[nH]1)C(=O)N[C@@H](Cc1ccccc1)C(=O)O. The molecule has 3 aromatic rings. The maximum atomic E-state index is 14.2. The van der Waals surface area contributed by atoms with Gasteiger partial charge in [-0.2, -0.15) is 12.6 Å². The fourth-order valence-electron chi connectivity index (χ4n) is 7.35. The Labute approximate surface area is 428 Å². The molecule has 0 radical (unpaired) electrons. The molecule has 0 bridgehead atoms. The summed E-state index contributed by atoms with van der Waals surface area (Å²) < 4.78 is 0. The third-order valence-corrected chi connectivity index (χ3v) is 12.5. The monoisotopic (exact) mass is 1040 g/mol. The van der Waals surface area contributed by atoms with Crippen molar-refractivity contribution in [3.63, 3.8) is 0 Å². The maximum Gasteiger partial charge on any atom is 0.326 e. The number of nitrogens with zero attached hydrogens (tertiary/aromatic N) is 1. The number of aromatic nitrogens is 2. The lowest BCUT2D eigenvalue weighted by molar-refractivity contribution is -0.142. The number of rotatable bonds is 32. The van der Waals surface area contributed by atoms with Crippen LogP contribution in [0.4, 0.5) is 0 Å². The van der Waals surface area contributed by atoms with Crippen LogP contribution in [0.15, 0.2) is 73.2 Å². The highest BCUT2D eigenvalue weighted by Crippen LogP contribution is 2.14. The first-order valence-electron chi connectivity index (χ1n) is 23.9. The molecule has 1 aromatic heterocycles. The number of carboxylic acids is 2. The maximum absolute atomic E-state index is 14.2. The molecule has 0 aliphatic rings. The Morgan fingerprint density at radius 3 is 1.47 bits per heavy atom. The van der Waals surface area contributed by atoms with Crippen LogP contribution >= 0.6 is 12.6 Å². The van der Waals surface area contributed by atoms with E-state index in [-0.39, 0.29) is 37.9 Å². The number of carbonyl (C=O) groups is 10. The average Bonchev–Trinajstić information content (AvgIpc) is 3.89. The molecule has 24 heteroatoms. The van der Waals surface area contributed by atoms with E-state index in [9.17, 15) is 53.1 Å². The van der Waals surface area contributed by atoms with Gasteiger partial charge in [0.15, 0.2) is 0 Å². The van der Waals surface area contributed by atoms with Crippen LogP contribution in [0.3, 0.4) is 0 Å². The summed E-state index contributed by atoms with van der Waals surface area (Å²) in [6.07, 6.45) is 1.86. The Bertz CT molecular complexity index is 2330.